The van der Waals surface area contributed by atoms with Crippen LogP contribution in [0.3, 0.4) is 0 Å². The summed E-state index contributed by atoms with van der Waals surface area (Å²) in [6.45, 7) is 6.27. The summed E-state index contributed by atoms with van der Waals surface area (Å²) >= 11 is -2.64. The standard InChI is InChI=1S/C43H32N8O3S.Na/c1-26-22-33(45-44-32-14-17-34(18-15-32)50-46-40-21-12-31-25-36(54-55(52)53)19-20-38(31)42(40)48-50)13-10-29(26)8-9-30-11-16-35(23-27(30)2)51-47-41-24-28(3)37-6-4-5-7-39(37)43(41)49-51;/h4-25H,1-3H3,(H,52,53);/q;+1/p-1. The molecule has 0 aliphatic carbocycles. The first-order valence-electron chi connectivity index (χ1n) is 17.5. The number of benzene rings is 7. The minimum atomic E-state index is -2.64. The van der Waals surface area contributed by atoms with Gasteiger partial charge in [-0.15, -0.1) is 20.4 Å². The fourth-order valence-electron chi connectivity index (χ4n) is 6.80. The molecule has 0 aliphatic heterocycles. The van der Waals surface area contributed by atoms with Gasteiger partial charge in [-0.25, -0.2) is 4.21 Å². The van der Waals surface area contributed by atoms with E-state index in [1.54, 1.807) is 27.8 Å². The van der Waals surface area contributed by atoms with E-state index >= 15 is 0 Å². The molecular weight excluding hydrogens is 732 g/mol. The van der Waals surface area contributed by atoms with Crippen molar-refractivity contribution < 1.29 is 42.5 Å². The predicted molar refractivity (Wildman–Crippen MR) is 216 cm³/mol. The second-order valence-electron chi connectivity index (χ2n) is 13.3. The summed E-state index contributed by atoms with van der Waals surface area (Å²) in [4.78, 5) is 3.29. The molecule has 0 saturated carbocycles. The Hall–Kier alpha value is -5.89. The van der Waals surface area contributed by atoms with Crippen LogP contribution in [0.4, 0.5) is 11.4 Å². The second-order valence-corrected chi connectivity index (χ2v) is 13.9. The van der Waals surface area contributed by atoms with Crippen molar-refractivity contribution in [3.05, 3.63) is 149 Å². The largest absolute Gasteiger partial charge is 1.00 e. The molecule has 0 spiro atoms. The number of fused-ring (bicyclic) bond motifs is 6. The van der Waals surface area contributed by atoms with Crippen LogP contribution < -0.4 is 33.7 Å². The maximum Gasteiger partial charge on any atom is 1.00 e. The SMILES string of the molecule is Cc1cc(N=Nc2ccc(-n3nc4ccc5cc(OS(=O)[O-])ccc5c4n3)cc2)ccc1C=Cc1ccc(-n2nc3cc(C)c4ccccc4c3n2)cc1C.[Na+]. The Morgan fingerprint density at radius 3 is 1.95 bits per heavy atom. The molecule has 0 aliphatic rings. The van der Waals surface area contributed by atoms with Crippen LogP contribution in [-0.4, -0.2) is 38.7 Å². The van der Waals surface area contributed by atoms with Crippen LogP contribution in [0, 0.1) is 20.8 Å². The number of aryl methyl sites for hydroxylation is 3. The monoisotopic (exact) mass is 762 g/mol. The minimum absolute atomic E-state index is 0. The van der Waals surface area contributed by atoms with Crippen molar-refractivity contribution in [2.45, 2.75) is 20.8 Å². The Morgan fingerprint density at radius 2 is 1.21 bits per heavy atom. The second kappa shape index (κ2) is 15.3. The van der Waals surface area contributed by atoms with E-state index in [0.717, 1.165) is 66.5 Å². The van der Waals surface area contributed by atoms with Crippen molar-refractivity contribution in [2.24, 2.45) is 10.2 Å². The molecule has 268 valence electrons. The Balaban J connectivity index is 0.00000441. The molecule has 13 heteroatoms. The van der Waals surface area contributed by atoms with Gasteiger partial charge in [0.2, 0.25) is 0 Å². The molecule has 0 saturated heterocycles. The number of hydrogen-bond donors (Lipinski definition) is 0. The molecule has 7 aromatic carbocycles. The summed E-state index contributed by atoms with van der Waals surface area (Å²) in [5, 5.41) is 31.9. The predicted octanol–water partition coefficient (Wildman–Crippen LogP) is 7.15. The molecule has 0 amide bonds. The summed E-state index contributed by atoms with van der Waals surface area (Å²) in [5.41, 5.74) is 11.9. The Bertz CT molecular complexity index is 3050. The Kier molecular flexibility index (Phi) is 10.1. The van der Waals surface area contributed by atoms with E-state index < -0.39 is 11.4 Å². The van der Waals surface area contributed by atoms with Crippen molar-refractivity contribution in [2.75, 3.05) is 0 Å². The van der Waals surface area contributed by atoms with Gasteiger partial charge in [-0.1, -0.05) is 54.6 Å². The van der Waals surface area contributed by atoms with E-state index in [2.05, 4.69) is 96.8 Å². The van der Waals surface area contributed by atoms with E-state index in [1.165, 1.54) is 10.9 Å². The minimum Gasteiger partial charge on any atom is -0.740 e. The summed E-state index contributed by atoms with van der Waals surface area (Å²) in [7, 11) is 0. The average molecular weight is 763 g/mol. The van der Waals surface area contributed by atoms with Crippen molar-refractivity contribution in [3.63, 3.8) is 0 Å². The van der Waals surface area contributed by atoms with Crippen LogP contribution in [-0.2, 0) is 11.4 Å². The molecule has 2 heterocycles. The van der Waals surface area contributed by atoms with Crippen LogP contribution in [0.5, 0.6) is 5.75 Å². The third-order valence-corrected chi connectivity index (χ3v) is 9.97. The molecule has 0 fully saturated rings. The summed E-state index contributed by atoms with van der Waals surface area (Å²) in [6, 6.07) is 38.9. The van der Waals surface area contributed by atoms with E-state index in [-0.39, 0.29) is 35.3 Å². The zero-order valence-corrected chi connectivity index (χ0v) is 33.7. The van der Waals surface area contributed by atoms with Crippen LogP contribution >= 0.6 is 0 Å². The van der Waals surface area contributed by atoms with Crippen LogP contribution in [0.15, 0.2) is 132 Å². The van der Waals surface area contributed by atoms with Gasteiger partial charge in [-0.05, 0) is 138 Å². The summed E-state index contributed by atoms with van der Waals surface area (Å²) < 4.78 is 26.6. The molecule has 0 N–H and O–H groups in total. The molecule has 2 aromatic heterocycles. The van der Waals surface area contributed by atoms with Crippen molar-refractivity contribution in [1.82, 2.24) is 30.0 Å². The number of rotatable bonds is 8. The first-order chi connectivity index (χ1) is 26.8. The van der Waals surface area contributed by atoms with Crippen LogP contribution in [0.2, 0.25) is 0 Å². The van der Waals surface area contributed by atoms with Gasteiger partial charge in [-0.3, -0.25) is 0 Å². The van der Waals surface area contributed by atoms with Crippen molar-refractivity contribution in [1.29, 1.82) is 0 Å². The van der Waals surface area contributed by atoms with Crippen molar-refractivity contribution in [3.8, 4) is 17.1 Å². The quantitative estimate of drug-likeness (QED) is 0.0695. The Morgan fingerprint density at radius 1 is 0.589 bits per heavy atom. The molecule has 9 aromatic rings. The first kappa shape index (κ1) is 37.1. The van der Waals surface area contributed by atoms with Gasteiger partial charge in [0.05, 0.1) is 22.7 Å². The van der Waals surface area contributed by atoms with Crippen molar-refractivity contribution >= 4 is 78.5 Å². The van der Waals surface area contributed by atoms with Gasteiger partial charge in [-0.2, -0.15) is 19.8 Å². The van der Waals surface area contributed by atoms with Crippen LogP contribution in [0.1, 0.15) is 27.8 Å². The zero-order chi connectivity index (χ0) is 37.6. The number of aromatic nitrogens is 6. The van der Waals surface area contributed by atoms with Gasteiger partial charge < -0.3 is 8.74 Å². The fourth-order valence-corrected chi connectivity index (χ4v) is 7.06. The first-order valence-corrected chi connectivity index (χ1v) is 18.5. The maximum atomic E-state index is 10.9. The molecule has 11 nitrogen and oxygen atoms in total. The normalized spacial score (nSPS) is 12.4. The van der Waals surface area contributed by atoms with Crippen LogP contribution in [0.25, 0.3) is 67.1 Å². The van der Waals surface area contributed by atoms with E-state index in [9.17, 15) is 8.76 Å². The Labute approximate surface area is 346 Å². The number of nitrogens with zero attached hydrogens (tertiary/aromatic N) is 8. The molecule has 1 unspecified atom stereocenters. The molecule has 1 atom stereocenters. The van der Waals surface area contributed by atoms with E-state index in [1.807, 2.05) is 54.6 Å². The van der Waals surface area contributed by atoms with E-state index in [0.29, 0.717) is 16.7 Å². The third kappa shape index (κ3) is 7.28. The molecule has 9 rings (SSSR count). The van der Waals surface area contributed by atoms with Gasteiger partial charge in [0, 0.05) is 10.8 Å². The summed E-state index contributed by atoms with van der Waals surface area (Å²) in [6.07, 6.45) is 4.24. The maximum absolute atomic E-state index is 10.9. The van der Waals surface area contributed by atoms with E-state index in [4.69, 9.17) is 19.5 Å². The summed E-state index contributed by atoms with van der Waals surface area (Å²) in [5.74, 6) is 0.233. The van der Waals surface area contributed by atoms with Gasteiger partial charge in [0.1, 0.15) is 39.2 Å². The van der Waals surface area contributed by atoms with Gasteiger partial charge in [0.25, 0.3) is 0 Å². The van der Waals surface area contributed by atoms with Gasteiger partial charge in [0.15, 0.2) is 0 Å². The number of azo groups is 1. The zero-order valence-electron chi connectivity index (χ0n) is 30.9. The average Bonchev–Trinajstić information content (AvgIpc) is 3.83. The number of hydrogen-bond acceptors (Lipinski definition) is 9. The molecule has 56 heavy (non-hydrogen) atoms. The molecular formula is C43H31N8NaO3S. The van der Waals surface area contributed by atoms with Gasteiger partial charge >= 0.3 is 29.6 Å². The fraction of sp³-hybridized carbons (Fsp3) is 0.0698. The smallest absolute Gasteiger partial charge is 0.740 e. The molecule has 0 radical (unpaired) electrons. The molecule has 0 bridgehead atoms. The topological polar surface area (TPSA) is 136 Å². The third-order valence-electron chi connectivity index (χ3n) is 9.64.